The predicted molar refractivity (Wildman–Crippen MR) is 171 cm³/mol. The Morgan fingerprint density at radius 1 is 1.11 bits per heavy atom. The molecule has 2 aliphatic heterocycles. The average Bonchev–Trinajstić information content (AvgIpc) is 3.62. The van der Waals surface area contributed by atoms with Gasteiger partial charge < -0.3 is 9.64 Å². The predicted octanol–water partition coefficient (Wildman–Crippen LogP) is 5.95. The quantitative estimate of drug-likeness (QED) is 0.197. The first-order valence-electron chi connectivity index (χ1n) is 15.2. The van der Waals surface area contributed by atoms with Gasteiger partial charge in [-0.1, -0.05) is 41.9 Å². The molecule has 0 aliphatic carbocycles. The summed E-state index contributed by atoms with van der Waals surface area (Å²) in [6, 6.07) is 13.5. The molecule has 12 heteroatoms. The van der Waals surface area contributed by atoms with E-state index in [2.05, 4.69) is 20.9 Å². The Morgan fingerprint density at radius 3 is 2.59 bits per heavy atom. The number of carbonyl (C=O) groups is 1. The van der Waals surface area contributed by atoms with Crippen LogP contribution >= 0.6 is 11.6 Å². The number of methoxy groups -OCH3 is 1. The summed E-state index contributed by atoms with van der Waals surface area (Å²) < 4.78 is 35.0. The van der Waals surface area contributed by atoms with Crippen LogP contribution in [0.15, 0.2) is 67.0 Å². The van der Waals surface area contributed by atoms with Crippen LogP contribution in [0, 0.1) is 24.5 Å². The Hall–Kier alpha value is -4.03. The van der Waals surface area contributed by atoms with E-state index in [9.17, 15) is 13.6 Å². The molecule has 2 atom stereocenters. The number of halogens is 3. The summed E-state index contributed by atoms with van der Waals surface area (Å²) in [5, 5.41) is 7.25. The van der Waals surface area contributed by atoms with Gasteiger partial charge in [0.15, 0.2) is 11.6 Å². The lowest BCUT2D eigenvalue weighted by Crippen LogP contribution is -2.29. The number of hydrogen-bond donors (Lipinski definition) is 0. The minimum Gasteiger partial charge on any atom is -0.383 e. The molecule has 0 N–H and O–H groups in total. The van der Waals surface area contributed by atoms with Gasteiger partial charge in [-0.2, -0.15) is 10.2 Å². The van der Waals surface area contributed by atoms with Crippen molar-refractivity contribution in [3.05, 3.63) is 106 Å². The smallest absolute Gasteiger partial charge is 0.225 e. The van der Waals surface area contributed by atoms with Crippen molar-refractivity contribution in [2.75, 3.05) is 44.8 Å². The molecule has 9 nitrogen and oxygen atoms in total. The number of hydrogen-bond acceptors (Lipinski definition) is 8. The molecule has 0 radical (unpaired) electrons. The van der Waals surface area contributed by atoms with E-state index in [4.69, 9.17) is 26.3 Å². The van der Waals surface area contributed by atoms with E-state index in [-0.39, 0.29) is 24.5 Å². The normalized spacial score (nSPS) is 18.6. The second kappa shape index (κ2) is 14.2. The van der Waals surface area contributed by atoms with Gasteiger partial charge in [-0.25, -0.2) is 23.4 Å². The van der Waals surface area contributed by atoms with E-state index in [1.54, 1.807) is 24.6 Å². The van der Waals surface area contributed by atoms with Crippen LogP contribution in [-0.2, 0) is 20.8 Å². The zero-order chi connectivity index (χ0) is 32.2. The van der Waals surface area contributed by atoms with Crippen molar-refractivity contribution in [1.82, 2.24) is 24.8 Å². The molecule has 46 heavy (non-hydrogen) atoms. The Kier molecular flexibility index (Phi) is 9.83. The third kappa shape index (κ3) is 7.02. The van der Waals surface area contributed by atoms with Crippen LogP contribution in [0.5, 0.6) is 0 Å². The maximum Gasteiger partial charge on any atom is 0.225 e. The number of aromatic nitrogens is 4. The number of ketones is 1. The number of anilines is 1. The fourth-order valence-electron chi connectivity index (χ4n) is 6.09. The van der Waals surface area contributed by atoms with Crippen LogP contribution in [0.2, 0.25) is 5.02 Å². The van der Waals surface area contributed by atoms with E-state index in [1.165, 1.54) is 6.07 Å². The van der Waals surface area contributed by atoms with Crippen LogP contribution in [0.1, 0.15) is 41.5 Å². The molecular formula is C34H35ClF2N6O3. The van der Waals surface area contributed by atoms with Gasteiger partial charge >= 0.3 is 0 Å². The molecule has 4 aromatic rings. The first-order valence-corrected chi connectivity index (χ1v) is 15.6. The van der Waals surface area contributed by atoms with Crippen molar-refractivity contribution < 1.29 is 23.1 Å². The lowest BCUT2D eigenvalue weighted by Gasteiger charge is -2.26. The third-order valence-electron chi connectivity index (χ3n) is 8.45. The first-order chi connectivity index (χ1) is 22.3. The molecule has 0 bridgehead atoms. The minimum absolute atomic E-state index is 0.00481. The Labute approximate surface area is 271 Å². The van der Waals surface area contributed by atoms with Crippen molar-refractivity contribution in [3.63, 3.8) is 0 Å². The monoisotopic (exact) mass is 648 g/mol. The summed E-state index contributed by atoms with van der Waals surface area (Å²) in [5.41, 5.74) is 5.07. The topological polar surface area (TPSA) is 85.6 Å². The number of Topliss-reactive ketones (excluding diaryl/α,β-unsaturated/α-hetero) is 1. The summed E-state index contributed by atoms with van der Waals surface area (Å²) in [7, 11) is 1.60. The van der Waals surface area contributed by atoms with Crippen molar-refractivity contribution >= 4 is 28.9 Å². The molecule has 2 aromatic heterocycles. The number of benzene rings is 2. The van der Waals surface area contributed by atoms with Crippen LogP contribution in [0.3, 0.4) is 0 Å². The molecule has 6 rings (SSSR count). The zero-order valence-corrected chi connectivity index (χ0v) is 26.5. The highest BCUT2D eigenvalue weighted by atomic mass is 35.5. The van der Waals surface area contributed by atoms with Crippen LogP contribution in [0.4, 0.5) is 14.7 Å². The van der Waals surface area contributed by atoms with Crippen LogP contribution < -0.4 is 4.90 Å². The lowest BCUT2D eigenvalue weighted by molar-refractivity contribution is -0.155. The molecule has 240 valence electrons. The zero-order valence-electron chi connectivity index (χ0n) is 25.7. The molecule has 1 fully saturated rings. The standard InChI is InChI=1S/C34H35ClF2N6O3/c1-22-31(18-28(44)16-25-21-42(14-15-45-2)46-33(25)24-8-9-29(36)30(37)17-24)43(27-6-4-3-5-7-27)40-32(22)23-10-12-41(13-11-23)34-38-19-26(35)20-39-34/h3-10,17,19-20,25,33H,11-16,18,21H2,1-2H3/t25-,33+/m1/s1. The highest BCUT2D eigenvalue weighted by Gasteiger charge is 2.37. The highest BCUT2D eigenvalue weighted by molar-refractivity contribution is 6.30. The number of para-hydroxylation sites is 1. The van der Waals surface area contributed by atoms with Gasteiger partial charge in [-0.05, 0) is 54.3 Å². The average molecular weight is 649 g/mol. The molecule has 0 unspecified atom stereocenters. The van der Waals surface area contributed by atoms with Crippen molar-refractivity contribution in [1.29, 1.82) is 0 Å². The fraction of sp³-hybridized carbons (Fsp3) is 0.353. The number of ether oxygens (including phenoxy) is 1. The van der Waals surface area contributed by atoms with Crippen molar-refractivity contribution in [3.8, 4) is 5.69 Å². The molecule has 2 aromatic carbocycles. The summed E-state index contributed by atoms with van der Waals surface area (Å²) in [4.78, 5) is 30.7. The highest BCUT2D eigenvalue weighted by Crippen LogP contribution is 2.37. The SMILES string of the molecule is COCCN1C[C@@H](CC(=O)Cc2c(C)c(C3=CCN(c4ncc(Cl)cn4)CC3)nn2-c2ccccc2)[C@H](c2ccc(F)c(F)c2)O1. The Balaban J connectivity index is 1.24. The summed E-state index contributed by atoms with van der Waals surface area (Å²) in [5.74, 6) is -1.51. The minimum atomic E-state index is -0.947. The number of carbonyl (C=O) groups excluding carboxylic acids is 1. The molecule has 1 saturated heterocycles. The third-order valence-corrected chi connectivity index (χ3v) is 8.64. The second-order valence-corrected chi connectivity index (χ2v) is 12.0. The van der Waals surface area contributed by atoms with Crippen LogP contribution in [0.25, 0.3) is 11.3 Å². The van der Waals surface area contributed by atoms with E-state index in [1.807, 2.05) is 41.9 Å². The van der Waals surface area contributed by atoms with Gasteiger partial charge in [-0.15, -0.1) is 0 Å². The van der Waals surface area contributed by atoms with E-state index < -0.39 is 17.7 Å². The van der Waals surface area contributed by atoms with Gasteiger partial charge in [0, 0.05) is 52.0 Å². The maximum absolute atomic E-state index is 14.2. The Bertz CT molecular complexity index is 1720. The number of rotatable bonds is 11. The summed E-state index contributed by atoms with van der Waals surface area (Å²) >= 11 is 5.96. The maximum atomic E-state index is 14.2. The van der Waals surface area contributed by atoms with E-state index >= 15 is 0 Å². The summed E-state index contributed by atoms with van der Waals surface area (Å²) in [6.45, 7) is 4.73. The summed E-state index contributed by atoms with van der Waals surface area (Å²) in [6.07, 6.45) is 5.81. The number of hydroxylamine groups is 2. The fourth-order valence-corrected chi connectivity index (χ4v) is 6.19. The van der Waals surface area contributed by atoms with Crippen LogP contribution in [-0.4, -0.2) is 70.5 Å². The van der Waals surface area contributed by atoms with Gasteiger partial charge in [0.1, 0.15) is 11.9 Å². The van der Waals surface area contributed by atoms with Gasteiger partial charge in [0.2, 0.25) is 5.95 Å². The van der Waals surface area contributed by atoms with Gasteiger partial charge in [-0.3, -0.25) is 9.63 Å². The van der Waals surface area contributed by atoms with E-state index in [0.717, 1.165) is 46.8 Å². The molecule has 0 saturated carbocycles. The van der Waals surface area contributed by atoms with Crippen molar-refractivity contribution in [2.24, 2.45) is 5.92 Å². The molecule has 0 amide bonds. The molecule has 2 aliphatic rings. The number of nitrogens with zero attached hydrogens (tertiary/aromatic N) is 6. The molecule has 0 spiro atoms. The lowest BCUT2D eigenvalue weighted by atomic mass is 9.90. The molecule has 4 heterocycles. The van der Waals surface area contributed by atoms with Gasteiger partial charge in [0.05, 0.1) is 41.1 Å². The molecular weight excluding hydrogens is 614 g/mol. The largest absolute Gasteiger partial charge is 0.383 e. The van der Waals surface area contributed by atoms with E-state index in [0.29, 0.717) is 49.3 Å². The van der Waals surface area contributed by atoms with Gasteiger partial charge in [0.25, 0.3) is 0 Å². The second-order valence-electron chi connectivity index (χ2n) is 11.6. The van der Waals surface area contributed by atoms with Crippen molar-refractivity contribution in [2.45, 2.75) is 32.3 Å². The first kappa shape index (κ1) is 31.9. The Morgan fingerprint density at radius 2 is 1.89 bits per heavy atom.